The van der Waals surface area contributed by atoms with Gasteiger partial charge in [-0.25, -0.2) is 0 Å². The van der Waals surface area contributed by atoms with Crippen LogP contribution in [0.15, 0.2) is 36.5 Å². The van der Waals surface area contributed by atoms with Crippen LogP contribution in [-0.2, 0) is 14.3 Å². The number of morpholine rings is 1. The lowest BCUT2D eigenvalue weighted by Gasteiger charge is -2.35. The number of hydrogen-bond acceptors (Lipinski definition) is 5. The van der Waals surface area contributed by atoms with Gasteiger partial charge in [0.05, 0.1) is 18.2 Å². The number of aromatic nitrogens is 1. The molecule has 0 spiro atoms. The van der Waals surface area contributed by atoms with Crippen molar-refractivity contribution >= 4 is 28.7 Å². The first-order valence-electron chi connectivity index (χ1n) is 8.67. The molecule has 1 saturated heterocycles. The maximum Gasteiger partial charge on any atom is 0.323 e. The molecule has 2 heterocycles. The Morgan fingerprint density at radius 1 is 1.33 bits per heavy atom. The van der Waals surface area contributed by atoms with Crippen molar-refractivity contribution in [3.63, 3.8) is 0 Å². The Balaban J connectivity index is 1.69. The fourth-order valence-corrected chi connectivity index (χ4v) is 3.12. The van der Waals surface area contributed by atoms with Gasteiger partial charge in [-0.15, -0.1) is 0 Å². The monoisotopic (exact) mass is 371 g/mol. The van der Waals surface area contributed by atoms with Crippen molar-refractivity contribution in [1.29, 1.82) is 0 Å². The largest absolute Gasteiger partial charge is 0.480 e. The lowest BCUT2D eigenvalue weighted by molar-refractivity contribution is -0.145. The van der Waals surface area contributed by atoms with E-state index in [2.05, 4.69) is 4.98 Å². The van der Waals surface area contributed by atoms with Gasteiger partial charge in [0.1, 0.15) is 6.54 Å². The number of rotatable bonds is 5. The number of amides is 2. The topological polar surface area (TPSA) is 100 Å². The van der Waals surface area contributed by atoms with Gasteiger partial charge in [-0.3, -0.25) is 19.4 Å². The molecule has 8 heteroatoms. The summed E-state index contributed by atoms with van der Waals surface area (Å²) in [6.45, 7) is 2.14. The third-order valence-electron chi connectivity index (χ3n) is 4.47. The summed E-state index contributed by atoms with van der Waals surface area (Å²) < 4.78 is 5.64. The number of hydrogen-bond donors (Lipinski definition) is 1. The van der Waals surface area contributed by atoms with Crippen LogP contribution >= 0.6 is 0 Å². The Morgan fingerprint density at radius 2 is 2.15 bits per heavy atom. The second-order valence-corrected chi connectivity index (χ2v) is 6.45. The number of pyridine rings is 1. The van der Waals surface area contributed by atoms with Crippen LogP contribution in [0.2, 0.25) is 0 Å². The molecule has 0 radical (unpaired) electrons. The number of aliphatic carboxylic acids is 1. The van der Waals surface area contributed by atoms with E-state index in [0.29, 0.717) is 25.3 Å². The van der Waals surface area contributed by atoms with Crippen molar-refractivity contribution in [1.82, 2.24) is 14.8 Å². The van der Waals surface area contributed by atoms with Crippen molar-refractivity contribution in [3.8, 4) is 0 Å². The minimum atomic E-state index is -1.08. The van der Waals surface area contributed by atoms with Crippen molar-refractivity contribution in [3.05, 3.63) is 42.1 Å². The molecular formula is C19H21N3O5. The molecule has 142 valence electrons. The summed E-state index contributed by atoms with van der Waals surface area (Å²) in [4.78, 5) is 42.5. The average molecular weight is 371 g/mol. The van der Waals surface area contributed by atoms with Crippen LogP contribution in [0.25, 0.3) is 10.9 Å². The third kappa shape index (κ3) is 4.59. The Morgan fingerprint density at radius 3 is 2.89 bits per heavy atom. The minimum absolute atomic E-state index is 0.123. The zero-order valence-corrected chi connectivity index (χ0v) is 15.0. The molecule has 3 rings (SSSR count). The molecule has 1 unspecified atom stereocenters. The third-order valence-corrected chi connectivity index (χ3v) is 4.47. The van der Waals surface area contributed by atoms with E-state index < -0.39 is 12.1 Å². The molecule has 27 heavy (non-hydrogen) atoms. The predicted molar refractivity (Wildman–Crippen MR) is 97.3 cm³/mol. The minimum Gasteiger partial charge on any atom is -0.480 e. The molecule has 1 atom stereocenters. The van der Waals surface area contributed by atoms with Gasteiger partial charge < -0.3 is 19.6 Å². The molecule has 0 bridgehead atoms. The number of carboxylic acids is 1. The van der Waals surface area contributed by atoms with E-state index >= 15 is 0 Å². The SMILES string of the molecule is CC(=O)N(CC(=O)O)CC1CN(C(=O)c2ccc3ncccc3c2)CCO1. The van der Waals surface area contributed by atoms with Crippen LogP contribution in [-0.4, -0.2) is 76.6 Å². The average Bonchev–Trinajstić information content (AvgIpc) is 2.66. The van der Waals surface area contributed by atoms with E-state index in [1.807, 2.05) is 18.2 Å². The maximum atomic E-state index is 12.9. The fourth-order valence-electron chi connectivity index (χ4n) is 3.12. The molecule has 0 saturated carbocycles. The summed E-state index contributed by atoms with van der Waals surface area (Å²) in [7, 11) is 0. The molecule has 1 aromatic carbocycles. The van der Waals surface area contributed by atoms with Gasteiger partial charge >= 0.3 is 5.97 Å². The molecule has 1 aliphatic heterocycles. The Labute approximate surface area is 156 Å². The first-order chi connectivity index (χ1) is 12.9. The fraction of sp³-hybridized carbons (Fsp3) is 0.368. The summed E-state index contributed by atoms with van der Waals surface area (Å²) in [5.74, 6) is -1.55. The normalized spacial score (nSPS) is 16.9. The smallest absolute Gasteiger partial charge is 0.323 e. The zero-order valence-electron chi connectivity index (χ0n) is 15.0. The molecule has 2 aromatic rings. The van der Waals surface area contributed by atoms with Crippen LogP contribution in [0.4, 0.5) is 0 Å². The Hall–Kier alpha value is -3.00. The second-order valence-electron chi connectivity index (χ2n) is 6.45. The Kier molecular flexibility index (Phi) is 5.66. The van der Waals surface area contributed by atoms with E-state index in [-0.39, 0.29) is 24.9 Å². The predicted octanol–water partition coefficient (Wildman–Crippen LogP) is 1.01. The molecule has 1 fully saturated rings. The summed E-state index contributed by atoms with van der Waals surface area (Å²) in [6.07, 6.45) is 1.28. The summed E-state index contributed by atoms with van der Waals surface area (Å²) in [6, 6.07) is 9.08. The van der Waals surface area contributed by atoms with E-state index in [4.69, 9.17) is 9.84 Å². The van der Waals surface area contributed by atoms with Gasteiger partial charge in [-0.05, 0) is 24.3 Å². The molecule has 2 amide bonds. The molecule has 1 aromatic heterocycles. The number of fused-ring (bicyclic) bond motifs is 1. The van der Waals surface area contributed by atoms with Gasteiger partial charge in [0.25, 0.3) is 5.91 Å². The summed E-state index contributed by atoms with van der Waals surface area (Å²) in [5.41, 5.74) is 1.38. The van der Waals surface area contributed by atoms with Crippen LogP contribution < -0.4 is 0 Å². The highest BCUT2D eigenvalue weighted by atomic mass is 16.5. The maximum absolute atomic E-state index is 12.9. The van der Waals surface area contributed by atoms with Gasteiger partial charge in [0.2, 0.25) is 5.91 Å². The highest BCUT2D eigenvalue weighted by Gasteiger charge is 2.28. The summed E-state index contributed by atoms with van der Waals surface area (Å²) >= 11 is 0. The first-order valence-corrected chi connectivity index (χ1v) is 8.67. The van der Waals surface area contributed by atoms with Crippen molar-refractivity contribution in [2.45, 2.75) is 13.0 Å². The van der Waals surface area contributed by atoms with Crippen LogP contribution in [0.3, 0.4) is 0 Å². The highest BCUT2D eigenvalue weighted by Crippen LogP contribution is 2.17. The number of carboxylic acid groups (broad SMARTS) is 1. The van der Waals surface area contributed by atoms with Crippen molar-refractivity contribution in [2.75, 3.05) is 32.8 Å². The van der Waals surface area contributed by atoms with Crippen LogP contribution in [0, 0.1) is 0 Å². The second kappa shape index (κ2) is 8.13. The van der Waals surface area contributed by atoms with Crippen LogP contribution in [0.1, 0.15) is 17.3 Å². The lowest BCUT2D eigenvalue weighted by Crippen LogP contribution is -2.51. The van der Waals surface area contributed by atoms with E-state index in [0.717, 1.165) is 10.9 Å². The number of nitrogens with zero attached hydrogens (tertiary/aromatic N) is 3. The lowest BCUT2D eigenvalue weighted by atomic mass is 10.1. The first kappa shape index (κ1) is 18.8. The van der Waals surface area contributed by atoms with Crippen molar-refractivity contribution < 1.29 is 24.2 Å². The molecule has 0 aliphatic carbocycles. The van der Waals surface area contributed by atoms with Gasteiger partial charge in [-0.1, -0.05) is 6.07 Å². The summed E-state index contributed by atoms with van der Waals surface area (Å²) in [5, 5.41) is 9.82. The number of ether oxygens (including phenoxy) is 1. The zero-order chi connectivity index (χ0) is 19.4. The molecule has 1 aliphatic rings. The highest BCUT2D eigenvalue weighted by molar-refractivity contribution is 5.98. The van der Waals surface area contributed by atoms with E-state index in [1.165, 1.54) is 11.8 Å². The Bertz CT molecular complexity index is 869. The number of carbonyl (C=O) groups excluding carboxylic acids is 2. The van der Waals surface area contributed by atoms with Gasteiger partial charge in [0, 0.05) is 43.7 Å². The number of carbonyl (C=O) groups is 3. The molecule has 8 nitrogen and oxygen atoms in total. The molecular weight excluding hydrogens is 350 g/mol. The van der Waals surface area contributed by atoms with Crippen molar-refractivity contribution in [2.24, 2.45) is 0 Å². The van der Waals surface area contributed by atoms with E-state index in [9.17, 15) is 14.4 Å². The van der Waals surface area contributed by atoms with E-state index in [1.54, 1.807) is 23.2 Å². The van der Waals surface area contributed by atoms with Gasteiger partial charge in [-0.2, -0.15) is 0 Å². The molecule has 1 N–H and O–H groups in total. The van der Waals surface area contributed by atoms with Crippen LogP contribution in [0.5, 0.6) is 0 Å². The quantitative estimate of drug-likeness (QED) is 0.842. The van der Waals surface area contributed by atoms with Gasteiger partial charge in [0.15, 0.2) is 0 Å². The number of benzene rings is 1. The standard InChI is InChI=1S/C19H21N3O5/c1-13(23)22(12-18(24)25)11-16-10-21(7-8-27-16)19(26)15-4-5-17-14(9-15)3-2-6-20-17/h2-6,9,16H,7-8,10-12H2,1H3,(H,24,25).